The van der Waals surface area contributed by atoms with Gasteiger partial charge in [-0.15, -0.1) is 10.2 Å². The minimum atomic E-state index is 0.709. The van der Waals surface area contributed by atoms with Crippen LogP contribution >= 0.6 is 0 Å². The van der Waals surface area contributed by atoms with Gasteiger partial charge in [-0.25, -0.2) is 4.68 Å². The average molecular weight is 388 g/mol. The maximum atomic E-state index is 4.46. The molecule has 8 heteroatoms. The van der Waals surface area contributed by atoms with E-state index in [1.807, 2.05) is 83.3 Å². The fraction of sp³-hybridized carbons (Fsp3) is 0.238. The number of benzene rings is 1. The Kier molecular flexibility index (Phi) is 5.51. The molecule has 0 radical (unpaired) electrons. The number of aromatic nitrogens is 5. The molecule has 0 atom stereocenters. The Morgan fingerprint density at radius 2 is 1.93 bits per heavy atom. The van der Waals surface area contributed by atoms with E-state index in [9.17, 15) is 0 Å². The lowest BCUT2D eigenvalue weighted by molar-refractivity contribution is 0.476. The normalized spacial score (nSPS) is 11.7. The summed E-state index contributed by atoms with van der Waals surface area (Å²) >= 11 is 0. The molecule has 1 N–H and O–H groups in total. The molecule has 148 valence electrons. The van der Waals surface area contributed by atoms with Crippen molar-refractivity contribution < 1.29 is 0 Å². The molecule has 4 aromatic rings. The number of guanidine groups is 1. The molecule has 0 amide bonds. The number of fused-ring (bicyclic) bond motifs is 1. The Balaban J connectivity index is 1.34. The fourth-order valence-corrected chi connectivity index (χ4v) is 3.24. The van der Waals surface area contributed by atoms with Crippen molar-refractivity contribution >= 4 is 11.6 Å². The summed E-state index contributed by atoms with van der Waals surface area (Å²) in [7, 11) is 3.81. The number of pyridine rings is 1. The summed E-state index contributed by atoms with van der Waals surface area (Å²) in [6, 6.07) is 16.0. The number of nitrogens with one attached hydrogen (secondary N) is 1. The molecule has 0 bridgehead atoms. The highest BCUT2D eigenvalue weighted by molar-refractivity contribution is 5.79. The van der Waals surface area contributed by atoms with Crippen LogP contribution in [-0.2, 0) is 13.0 Å². The summed E-state index contributed by atoms with van der Waals surface area (Å²) in [5.74, 6) is 1.75. The molecular formula is C21H24N8. The quantitative estimate of drug-likeness (QED) is 0.405. The monoisotopic (exact) mass is 388 g/mol. The number of para-hydroxylation sites is 1. The van der Waals surface area contributed by atoms with Crippen molar-refractivity contribution in [2.24, 2.45) is 4.99 Å². The highest BCUT2D eigenvalue weighted by Crippen LogP contribution is 2.09. The third kappa shape index (κ3) is 4.26. The Labute approximate surface area is 169 Å². The predicted molar refractivity (Wildman–Crippen MR) is 113 cm³/mol. The van der Waals surface area contributed by atoms with E-state index in [-0.39, 0.29) is 0 Å². The first-order chi connectivity index (χ1) is 14.2. The van der Waals surface area contributed by atoms with Gasteiger partial charge >= 0.3 is 0 Å². The van der Waals surface area contributed by atoms with Gasteiger partial charge in [0.25, 0.3) is 0 Å². The highest BCUT2D eigenvalue weighted by atomic mass is 15.3. The third-order valence-electron chi connectivity index (χ3n) is 4.67. The largest absolute Gasteiger partial charge is 0.356 e. The molecule has 3 aromatic heterocycles. The number of nitrogens with zero attached hydrogens (tertiary/aromatic N) is 7. The van der Waals surface area contributed by atoms with Gasteiger partial charge in [-0.3, -0.25) is 9.39 Å². The van der Waals surface area contributed by atoms with Crippen LogP contribution in [0.2, 0.25) is 0 Å². The van der Waals surface area contributed by atoms with Gasteiger partial charge in [0.15, 0.2) is 11.6 Å². The average Bonchev–Trinajstić information content (AvgIpc) is 3.39. The van der Waals surface area contributed by atoms with E-state index >= 15 is 0 Å². The number of hydrogen-bond acceptors (Lipinski definition) is 4. The van der Waals surface area contributed by atoms with Crippen LogP contribution in [0.5, 0.6) is 0 Å². The third-order valence-corrected chi connectivity index (χ3v) is 4.67. The van der Waals surface area contributed by atoms with Gasteiger partial charge in [-0.05, 0) is 24.3 Å². The zero-order valence-electron chi connectivity index (χ0n) is 16.6. The minimum absolute atomic E-state index is 0.709. The SMILES string of the molecule is CN=C(NCCc1nnc2ccccn12)N(C)Cc1cnn(-c2ccccc2)c1. The summed E-state index contributed by atoms with van der Waals surface area (Å²) in [5, 5.41) is 16.3. The van der Waals surface area contributed by atoms with Crippen LogP contribution in [0.25, 0.3) is 11.3 Å². The van der Waals surface area contributed by atoms with Gasteiger partial charge in [0.2, 0.25) is 0 Å². The second-order valence-electron chi connectivity index (χ2n) is 6.75. The van der Waals surface area contributed by atoms with Crippen LogP contribution < -0.4 is 5.32 Å². The lowest BCUT2D eigenvalue weighted by atomic mass is 10.3. The molecule has 8 nitrogen and oxygen atoms in total. The molecule has 0 saturated heterocycles. The van der Waals surface area contributed by atoms with Crippen molar-refractivity contribution in [2.75, 3.05) is 20.6 Å². The fourth-order valence-electron chi connectivity index (χ4n) is 3.24. The molecule has 0 aliphatic rings. The number of aliphatic imine (C=N–C) groups is 1. The molecule has 0 saturated carbocycles. The van der Waals surface area contributed by atoms with Crippen LogP contribution in [0.3, 0.4) is 0 Å². The first kappa shape index (κ1) is 18.7. The van der Waals surface area contributed by atoms with E-state index in [0.717, 1.165) is 41.6 Å². The van der Waals surface area contributed by atoms with E-state index in [4.69, 9.17) is 0 Å². The van der Waals surface area contributed by atoms with Crippen LogP contribution in [0.4, 0.5) is 0 Å². The van der Waals surface area contributed by atoms with E-state index < -0.39 is 0 Å². The first-order valence-corrected chi connectivity index (χ1v) is 9.54. The molecular weight excluding hydrogens is 364 g/mol. The molecule has 3 heterocycles. The van der Waals surface area contributed by atoms with Crippen LogP contribution in [0, 0.1) is 0 Å². The zero-order valence-corrected chi connectivity index (χ0v) is 16.6. The molecule has 0 aliphatic heterocycles. The summed E-state index contributed by atoms with van der Waals surface area (Å²) < 4.78 is 3.89. The Bertz CT molecular complexity index is 1100. The van der Waals surface area contributed by atoms with E-state index in [1.54, 1.807) is 7.05 Å². The number of hydrogen-bond donors (Lipinski definition) is 1. The molecule has 29 heavy (non-hydrogen) atoms. The Morgan fingerprint density at radius 1 is 1.10 bits per heavy atom. The molecule has 0 aliphatic carbocycles. The van der Waals surface area contributed by atoms with Crippen molar-refractivity contribution in [2.45, 2.75) is 13.0 Å². The molecule has 0 spiro atoms. The van der Waals surface area contributed by atoms with Gasteiger partial charge in [0.1, 0.15) is 5.82 Å². The maximum absolute atomic E-state index is 4.46. The van der Waals surface area contributed by atoms with Crippen LogP contribution in [0.1, 0.15) is 11.4 Å². The highest BCUT2D eigenvalue weighted by Gasteiger charge is 2.10. The van der Waals surface area contributed by atoms with Crippen molar-refractivity contribution in [3.05, 3.63) is 78.5 Å². The lowest BCUT2D eigenvalue weighted by Gasteiger charge is -2.21. The Morgan fingerprint density at radius 3 is 2.76 bits per heavy atom. The summed E-state index contributed by atoms with van der Waals surface area (Å²) in [6.45, 7) is 1.43. The summed E-state index contributed by atoms with van der Waals surface area (Å²) in [6.07, 6.45) is 6.67. The van der Waals surface area contributed by atoms with E-state index in [0.29, 0.717) is 6.54 Å². The standard InChI is InChI=1S/C21H24N8/c1-22-21(23-12-11-20-26-25-19-10-6-7-13-28(19)20)27(2)15-17-14-24-29(16-17)18-8-4-3-5-9-18/h3-10,13-14,16H,11-12,15H2,1-2H3,(H,22,23). The number of rotatable bonds is 6. The van der Waals surface area contributed by atoms with Crippen molar-refractivity contribution in [3.63, 3.8) is 0 Å². The van der Waals surface area contributed by atoms with E-state index in [1.165, 1.54) is 0 Å². The second-order valence-corrected chi connectivity index (χ2v) is 6.75. The van der Waals surface area contributed by atoms with Crippen molar-refractivity contribution in [1.29, 1.82) is 0 Å². The molecule has 1 aromatic carbocycles. The smallest absolute Gasteiger partial charge is 0.193 e. The molecule has 0 unspecified atom stereocenters. The van der Waals surface area contributed by atoms with Gasteiger partial charge in [-0.1, -0.05) is 24.3 Å². The molecule has 4 rings (SSSR count). The van der Waals surface area contributed by atoms with Crippen LogP contribution in [0.15, 0.2) is 72.1 Å². The van der Waals surface area contributed by atoms with Gasteiger partial charge in [-0.2, -0.15) is 5.10 Å². The van der Waals surface area contributed by atoms with Crippen LogP contribution in [-0.4, -0.2) is 55.9 Å². The zero-order chi connectivity index (χ0) is 20.1. The van der Waals surface area contributed by atoms with Crippen molar-refractivity contribution in [1.82, 2.24) is 34.6 Å². The second kappa shape index (κ2) is 8.55. The van der Waals surface area contributed by atoms with Gasteiger partial charge in [0, 0.05) is 51.6 Å². The first-order valence-electron chi connectivity index (χ1n) is 9.54. The van der Waals surface area contributed by atoms with Crippen molar-refractivity contribution in [3.8, 4) is 5.69 Å². The maximum Gasteiger partial charge on any atom is 0.193 e. The minimum Gasteiger partial charge on any atom is -0.356 e. The topological polar surface area (TPSA) is 75.6 Å². The van der Waals surface area contributed by atoms with Gasteiger partial charge < -0.3 is 10.2 Å². The molecule has 0 fully saturated rings. The van der Waals surface area contributed by atoms with Gasteiger partial charge in [0.05, 0.1) is 11.9 Å². The lowest BCUT2D eigenvalue weighted by Crippen LogP contribution is -2.39. The van der Waals surface area contributed by atoms with E-state index in [2.05, 4.69) is 30.5 Å². The summed E-state index contributed by atoms with van der Waals surface area (Å²) in [4.78, 5) is 6.47. The Hall–Kier alpha value is -3.68. The summed E-state index contributed by atoms with van der Waals surface area (Å²) in [5.41, 5.74) is 3.02. The predicted octanol–water partition coefficient (Wildman–Crippen LogP) is 2.16.